The topological polar surface area (TPSA) is 62.3 Å². The van der Waals surface area contributed by atoms with E-state index in [0.717, 1.165) is 53.8 Å². The Bertz CT molecular complexity index is 1380. The number of para-hydroxylation sites is 1. The van der Waals surface area contributed by atoms with Crippen LogP contribution in [0.15, 0.2) is 36.4 Å². The quantitative estimate of drug-likeness (QED) is 0.380. The zero-order valence-electron chi connectivity index (χ0n) is 19.8. The van der Waals surface area contributed by atoms with Crippen LogP contribution in [0.1, 0.15) is 39.6 Å². The molecule has 0 saturated carbocycles. The van der Waals surface area contributed by atoms with Gasteiger partial charge in [-0.25, -0.2) is 4.98 Å². The van der Waals surface area contributed by atoms with Crippen LogP contribution in [0, 0.1) is 20.8 Å². The lowest BCUT2D eigenvalue weighted by Crippen LogP contribution is -2.33. The lowest BCUT2D eigenvalue weighted by atomic mass is 9.97. The molecule has 0 spiro atoms. The van der Waals surface area contributed by atoms with Crippen molar-refractivity contribution in [3.8, 4) is 10.6 Å². The van der Waals surface area contributed by atoms with Gasteiger partial charge in [-0.05, 0) is 61.6 Å². The molecule has 1 aliphatic rings. The summed E-state index contributed by atoms with van der Waals surface area (Å²) in [6.07, 6.45) is 1.10. The number of benzene rings is 2. The van der Waals surface area contributed by atoms with Crippen molar-refractivity contribution in [1.82, 2.24) is 9.88 Å². The second-order valence-electron chi connectivity index (χ2n) is 8.99. The molecule has 34 heavy (non-hydrogen) atoms. The average molecular weight is 490 g/mol. The Balaban J connectivity index is 1.52. The fourth-order valence-electron chi connectivity index (χ4n) is 4.79. The first-order valence-electron chi connectivity index (χ1n) is 11.4. The third-order valence-corrected chi connectivity index (χ3v) is 8.63. The van der Waals surface area contributed by atoms with Crippen LogP contribution in [-0.4, -0.2) is 28.2 Å². The first-order valence-corrected chi connectivity index (χ1v) is 13.1. The molecule has 1 aliphatic heterocycles. The molecule has 2 aromatic carbocycles. The van der Waals surface area contributed by atoms with E-state index in [2.05, 4.69) is 44.3 Å². The fraction of sp³-hybridized carbons (Fsp3) is 0.296. The van der Waals surface area contributed by atoms with Crippen molar-refractivity contribution in [3.63, 3.8) is 0 Å². The van der Waals surface area contributed by atoms with E-state index in [1.54, 1.807) is 29.6 Å². The molecule has 0 saturated heterocycles. The largest absolute Gasteiger partial charge is 0.337 e. The van der Waals surface area contributed by atoms with Gasteiger partial charge >= 0.3 is 0 Å². The van der Waals surface area contributed by atoms with Gasteiger partial charge in [0.2, 0.25) is 11.8 Å². The van der Waals surface area contributed by atoms with Crippen LogP contribution >= 0.6 is 22.7 Å². The third-order valence-electron chi connectivity index (χ3n) is 6.44. The molecule has 2 aromatic heterocycles. The number of nitrogens with zero attached hydrogens (tertiary/aromatic N) is 2. The second-order valence-corrected chi connectivity index (χ2v) is 11.1. The Morgan fingerprint density at radius 1 is 1.09 bits per heavy atom. The number of carbonyl (C=O) groups is 2. The minimum absolute atomic E-state index is 0.0283. The van der Waals surface area contributed by atoms with Crippen LogP contribution in [-0.2, 0) is 29.0 Å². The Morgan fingerprint density at radius 2 is 1.82 bits per heavy atom. The van der Waals surface area contributed by atoms with E-state index in [4.69, 9.17) is 4.98 Å². The number of thiazole rings is 1. The van der Waals surface area contributed by atoms with Gasteiger partial charge in [0.15, 0.2) is 0 Å². The number of carbonyl (C=O) groups excluding carboxylic acids is 2. The summed E-state index contributed by atoms with van der Waals surface area (Å²) < 4.78 is 1.13. The predicted octanol–water partition coefficient (Wildman–Crippen LogP) is 6.04. The van der Waals surface area contributed by atoms with E-state index >= 15 is 0 Å². The average Bonchev–Trinajstić information content (AvgIpc) is 3.35. The van der Waals surface area contributed by atoms with Crippen LogP contribution in [0.4, 0.5) is 5.00 Å². The maximum Gasteiger partial charge on any atom is 0.229 e. The SMILES string of the molecule is CC(=O)N1CCc2c(sc(NC(=O)Cc3c(C)cc(C)cc3C)c2-c2nc3ccccc3s2)C1. The van der Waals surface area contributed by atoms with Crippen LogP contribution in [0.25, 0.3) is 20.8 Å². The molecule has 0 atom stereocenters. The Labute approximate surface area is 207 Å². The number of amides is 2. The highest BCUT2D eigenvalue weighted by atomic mass is 32.1. The predicted molar refractivity (Wildman–Crippen MR) is 141 cm³/mol. The highest BCUT2D eigenvalue weighted by Crippen LogP contribution is 2.45. The Morgan fingerprint density at radius 3 is 2.53 bits per heavy atom. The van der Waals surface area contributed by atoms with Gasteiger partial charge in [-0.3, -0.25) is 9.59 Å². The summed E-state index contributed by atoms with van der Waals surface area (Å²) in [5.74, 6) is 0.0518. The summed E-state index contributed by atoms with van der Waals surface area (Å²) in [5.41, 5.74) is 7.76. The van der Waals surface area contributed by atoms with Gasteiger partial charge in [-0.15, -0.1) is 22.7 Å². The summed E-state index contributed by atoms with van der Waals surface area (Å²) in [7, 11) is 0. The van der Waals surface area contributed by atoms with Gasteiger partial charge in [-0.2, -0.15) is 0 Å². The summed E-state index contributed by atoms with van der Waals surface area (Å²) in [6, 6.07) is 12.4. The van der Waals surface area contributed by atoms with E-state index < -0.39 is 0 Å². The number of nitrogens with one attached hydrogen (secondary N) is 1. The third kappa shape index (κ3) is 4.26. The summed E-state index contributed by atoms with van der Waals surface area (Å²) in [6.45, 7) is 9.09. The van der Waals surface area contributed by atoms with Crippen LogP contribution in [0.2, 0.25) is 0 Å². The fourth-order valence-corrected chi connectivity index (χ4v) is 7.18. The van der Waals surface area contributed by atoms with E-state index in [9.17, 15) is 9.59 Å². The molecule has 2 amide bonds. The van der Waals surface area contributed by atoms with Crippen molar-refractivity contribution in [3.05, 3.63) is 69.1 Å². The van der Waals surface area contributed by atoms with Crippen LogP contribution < -0.4 is 5.32 Å². The number of hydrogen-bond acceptors (Lipinski definition) is 5. The minimum Gasteiger partial charge on any atom is -0.337 e. The second kappa shape index (κ2) is 8.96. The molecule has 5 nitrogen and oxygen atoms in total. The number of rotatable bonds is 4. The molecular formula is C27H27N3O2S2. The normalized spacial score (nSPS) is 13.2. The maximum atomic E-state index is 13.2. The van der Waals surface area contributed by atoms with Crippen LogP contribution in [0.3, 0.4) is 0 Å². The van der Waals surface area contributed by atoms with E-state index in [1.165, 1.54) is 11.1 Å². The molecule has 0 radical (unpaired) electrons. The maximum absolute atomic E-state index is 13.2. The number of aromatic nitrogens is 1. The monoisotopic (exact) mass is 489 g/mol. The van der Waals surface area contributed by atoms with Gasteiger partial charge in [0.05, 0.1) is 23.2 Å². The molecule has 0 unspecified atom stereocenters. The van der Waals surface area contributed by atoms with Gasteiger partial charge < -0.3 is 10.2 Å². The Hall–Kier alpha value is -3.03. The van der Waals surface area contributed by atoms with E-state index in [-0.39, 0.29) is 11.8 Å². The van der Waals surface area contributed by atoms with E-state index in [1.807, 2.05) is 23.1 Å². The number of anilines is 1. The molecule has 7 heteroatoms. The first-order chi connectivity index (χ1) is 16.3. The van der Waals surface area contributed by atoms with Crippen molar-refractivity contribution in [2.75, 3.05) is 11.9 Å². The highest BCUT2D eigenvalue weighted by molar-refractivity contribution is 7.22. The zero-order valence-corrected chi connectivity index (χ0v) is 21.5. The van der Waals surface area contributed by atoms with Gasteiger partial charge in [-0.1, -0.05) is 29.8 Å². The number of fused-ring (bicyclic) bond motifs is 2. The molecule has 4 aromatic rings. The standard InChI is InChI=1S/C27H27N3O2S2/c1-15-11-16(2)20(17(3)12-15)13-24(32)29-27-25(26-28-21-7-5-6-8-22(21)33-26)19-9-10-30(18(4)31)14-23(19)34-27/h5-8,11-12H,9-10,13-14H2,1-4H3,(H,29,32). The molecule has 174 valence electrons. The smallest absolute Gasteiger partial charge is 0.229 e. The van der Waals surface area contributed by atoms with Gasteiger partial charge in [0, 0.05) is 23.9 Å². The lowest BCUT2D eigenvalue weighted by Gasteiger charge is -2.26. The van der Waals surface area contributed by atoms with Crippen molar-refractivity contribution in [2.24, 2.45) is 0 Å². The number of thiophene rings is 1. The molecule has 0 bridgehead atoms. The molecule has 5 rings (SSSR count). The summed E-state index contributed by atoms with van der Waals surface area (Å²) in [4.78, 5) is 33.1. The van der Waals surface area contributed by atoms with Gasteiger partial charge in [0.1, 0.15) is 10.0 Å². The van der Waals surface area contributed by atoms with Crippen LogP contribution in [0.5, 0.6) is 0 Å². The zero-order chi connectivity index (χ0) is 24.0. The first kappa shape index (κ1) is 22.7. The minimum atomic E-state index is -0.0283. The summed E-state index contributed by atoms with van der Waals surface area (Å²) >= 11 is 3.23. The molecule has 0 aliphatic carbocycles. The van der Waals surface area contributed by atoms with Crippen molar-refractivity contribution in [1.29, 1.82) is 0 Å². The lowest BCUT2D eigenvalue weighted by molar-refractivity contribution is -0.129. The molecule has 3 heterocycles. The van der Waals surface area contributed by atoms with E-state index in [0.29, 0.717) is 19.5 Å². The van der Waals surface area contributed by atoms with Gasteiger partial charge in [0.25, 0.3) is 0 Å². The molecule has 1 N–H and O–H groups in total. The van der Waals surface area contributed by atoms with Crippen molar-refractivity contribution in [2.45, 2.75) is 47.1 Å². The highest BCUT2D eigenvalue weighted by Gasteiger charge is 2.28. The molecular weight excluding hydrogens is 462 g/mol. The Kier molecular flexibility index (Phi) is 6.00. The number of hydrogen-bond donors (Lipinski definition) is 1. The number of aryl methyl sites for hydroxylation is 3. The van der Waals surface area contributed by atoms with Crippen molar-refractivity contribution < 1.29 is 9.59 Å². The summed E-state index contributed by atoms with van der Waals surface area (Å²) in [5, 5.41) is 4.97. The molecule has 0 fully saturated rings. The van der Waals surface area contributed by atoms with Crippen molar-refractivity contribution >= 4 is 49.7 Å².